The Morgan fingerprint density at radius 2 is 1.73 bits per heavy atom. The summed E-state index contributed by atoms with van der Waals surface area (Å²) in [5.41, 5.74) is 0.737. The minimum atomic E-state index is 0.0863. The fourth-order valence-electron chi connectivity index (χ4n) is 3.13. The second-order valence-corrected chi connectivity index (χ2v) is 6.25. The summed E-state index contributed by atoms with van der Waals surface area (Å²) in [7, 11) is 0. The molecular weight excluding hydrogens is 328 g/mol. The van der Waals surface area contributed by atoms with Gasteiger partial charge < -0.3 is 9.80 Å². The van der Waals surface area contributed by atoms with Crippen LogP contribution in [0.15, 0.2) is 55.1 Å². The average molecular weight is 348 g/mol. The van der Waals surface area contributed by atoms with E-state index in [2.05, 4.69) is 19.9 Å². The molecule has 0 radical (unpaired) electrons. The first-order valence-electron chi connectivity index (χ1n) is 8.64. The van der Waals surface area contributed by atoms with Gasteiger partial charge in [0.2, 0.25) is 0 Å². The molecule has 7 nitrogen and oxygen atoms in total. The smallest absolute Gasteiger partial charge is 0.253 e. The highest BCUT2D eigenvalue weighted by atomic mass is 16.2. The number of aromatic nitrogens is 4. The molecule has 1 amide bonds. The topological polar surface area (TPSA) is 67.2 Å². The van der Waals surface area contributed by atoms with Crippen molar-refractivity contribution < 1.29 is 4.79 Å². The molecule has 3 heterocycles. The number of carbonyl (C=O) groups excluding carboxylic acids is 1. The third-order valence-corrected chi connectivity index (χ3v) is 4.49. The molecule has 0 atom stereocenters. The number of nitrogens with zero attached hydrogens (tertiary/aromatic N) is 6. The maximum Gasteiger partial charge on any atom is 0.253 e. The zero-order valence-corrected chi connectivity index (χ0v) is 14.6. The van der Waals surface area contributed by atoms with Crippen LogP contribution in [0, 0.1) is 6.92 Å². The van der Waals surface area contributed by atoms with E-state index in [0.717, 1.165) is 30.3 Å². The van der Waals surface area contributed by atoms with Gasteiger partial charge in [0.1, 0.15) is 23.8 Å². The van der Waals surface area contributed by atoms with E-state index in [9.17, 15) is 4.79 Å². The highest BCUT2D eigenvalue weighted by Crippen LogP contribution is 2.18. The quantitative estimate of drug-likeness (QED) is 0.724. The molecule has 0 spiro atoms. The first-order chi connectivity index (χ1) is 12.7. The van der Waals surface area contributed by atoms with Gasteiger partial charge in [-0.15, -0.1) is 0 Å². The second kappa shape index (κ2) is 6.95. The van der Waals surface area contributed by atoms with Crippen molar-refractivity contribution in [1.82, 2.24) is 24.4 Å². The maximum absolute atomic E-state index is 12.6. The molecule has 1 saturated heterocycles. The predicted molar refractivity (Wildman–Crippen MR) is 98.4 cm³/mol. The molecule has 0 bridgehead atoms. The zero-order chi connectivity index (χ0) is 17.9. The number of hydrogen-bond acceptors (Lipinski definition) is 5. The van der Waals surface area contributed by atoms with Crippen molar-refractivity contribution in [3.05, 3.63) is 66.5 Å². The molecule has 26 heavy (non-hydrogen) atoms. The number of hydrogen-bond donors (Lipinski definition) is 0. The number of amides is 1. The van der Waals surface area contributed by atoms with Crippen LogP contribution in [-0.2, 0) is 0 Å². The summed E-state index contributed by atoms with van der Waals surface area (Å²) in [5.74, 6) is 2.48. The van der Waals surface area contributed by atoms with Crippen molar-refractivity contribution in [3.63, 3.8) is 0 Å². The van der Waals surface area contributed by atoms with Crippen LogP contribution in [0.3, 0.4) is 0 Å². The highest BCUT2D eigenvalue weighted by molar-refractivity contribution is 5.94. The van der Waals surface area contributed by atoms with Gasteiger partial charge in [-0.05, 0) is 19.1 Å². The van der Waals surface area contributed by atoms with E-state index in [4.69, 9.17) is 0 Å². The number of imidazole rings is 1. The van der Waals surface area contributed by atoms with Gasteiger partial charge in [-0.1, -0.05) is 18.2 Å². The third kappa shape index (κ3) is 3.28. The molecule has 3 aromatic rings. The molecule has 2 aromatic heterocycles. The van der Waals surface area contributed by atoms with Gasteiger partial charge in [0.15, 0.2) is 0 Å². The standard InChI is InChI=1S/C19H20N6O/c1-15-21-17(13-18(22-15)25-8-7-20-14-25)23-9-11-24(12-10-23)19(26)16-5-3-2-4-6-16/h2-8,13-14H,9-12H2,1H3. The lowest BCUT2D eigenvalue weighted by atomic mass is 10.2. The Morgan fingerprint density at radius 3 is 2.42 bits per heavy atom. The highest BCUT2D eigenvalue weighted by Gasteiger charge is 2.23. The maximum atomic E-state index is 12.6. The van der Waals surface area contributed by atoms with Gasteiger partial charge in [-0.25, -0.2) is 15.0 Å². The van der Waals surface area contributed by atoms with Crippen molar-refractivity contribution in [2.24, 2.45) is 0 Å². The predicted octanol–water partition coefficient (Wildman–Crippen LogP) is 1.93. The number of benzene rings is 1. The Balaban J connectivity index is 1.47. The van der Waals surface area contributed by atoms with Gasteiger partial charge in [-0.2, -0.15) is 0 Å². The number of carbonyl (C=O) groups is 1. The minimum absolute atomic E-state index is 0.0863. The summed E-state index contributed by atoms with van der Waals surface area (Å²) < 4.78 is 1.87. The van der Waals surface area contributed by atoms with Crippen LogP contribution >= 0.6 is 0 Å². The summed E-state index contributed by atoms with van der Waals surface area (Å²) in [4.78, 5) is 29.8. The first-order valence-corrected chi connectivity index (χ1v) is 8.64. The molecule has 1 aromatic carbocycles. The summed E-state index contributed by atoms with van der Waals surface area (Å²) in [6.07, 6.45) is 5.31. The Bertz CT molecular complexity index is 886. The molecule has 0 N–H and O–H groups in total. The van der Waals surface area contributed by atoms with Crippen LogP contribution in [0.2, 0.25) is 0 Å². The molecule has 132 valence electrons. The number of piperazine rings is 1. The largest absolute Gasteiger partial charge is 0.353 e. The molecule has 7 heteroatoms. The number of rotatable bonds is 3. The molecular formula is C19H20N6O. The van der Waals surface area contributed by atoms with Crippen molar-refractivity contribution in [2.45, 2.75) is 6.92 Å². The number of aryl methyl sites for hydroxylation is 1. The fraction of sp³-hybridized carbons (Fsp3) is 0.263. The molecule has 0 saturated carbocycles. The van der Waals surface area contributed by atoms with Crippen LogP contribution in [0.5, 0.6) is 0 Å². The Kier molecular flexibility index (Phi) is 4.35. The van der Waals surface area contributed by atoms with Gasteiger partial charge in [0.05, 0.1) is 0 Å². The van der Waals surface area contributed by atoms with Gasteiger partial charge >= 0.3 is 0 Å². The molecule has 1 aliphatic rings. The lowest BCUT2D eigenvalue weighted by Gasteiger charge is -2.35. The van der Waals surface area contributed by atoms with E-state index >= 15 is 0 Å². The lowest BCUT2D eigenvalue weighted by Crippen LogP contribution is -2.49. The Labute approximate surface area is 151 Å². The van der Waals surface area contributed by atoms with Gasteiger partial charge in [0.25, 0.3) is 5.91 Å². The molecule has 4 rings (SSSR count). The van der Waals surface area contributed by atoms with E-state index in [0.29, 0.717) is 18.9 Å². The summed E-state index contributed by atoms with van der Waals surface area (Å²) in [5, 5.41) is 0. The molecule has 1 fully saturated rings. The van der Waals surface area contributed by atoms with Crippen molar-refractivity contribution in [1.29, 1.82) is 0 Å². The normalized spacial score (nSPS) is 14.5. The second-order valence-electron chi connectivity index (χ2n) is 6.25. The average Bonchev–Trinajstić information content (AvgIpc) is 3.23. The molecule has 0 aliphatic carbocycles. The summed E-state index contributed by atoms with van der Waals surface area (Å²) in [6.45, 7) is 4.74. The van der Waals surface area contributed by atoms with Crippen LogP contribution in [0.4, 0.5) is 5.82 Å². The van der Waals surface area contributed by atoms with E-state index in [1.54, 1.807) is 12.5 Å². The molecule has 1 aliphatic heterocycles. The summed E-state index contributed by atoms with van der Waals surface area (Å²) >= 11 is 0. The van der Waals surface area contributed by atoms with Gasteiger partial charge in [-0.3, -0.25) is 9.36 Å². The minimum Gasteiger partial charge on any atom is -0.353 e. The van der Waals surface area contributed by atoms with Crippen LogP contribution < -0.4 is 4.90 Å². The first kappa shape index (κ1) is 16.3. The van der Waals surface area contributed by atoms with Crippen LogP contribution in [0.25, 0.3) is 5.82 Å². The van der Waals surface area contributed by atoms with Crippen molar-refractivity contribution in [3.8, 4) is 5.82 Å². The van der Waals surface area contributed by atoms with E-state index in [1.165, 1.54) is 0 Å². The van der Waals surface area contributed by atoms with Crippen molar-refractivity contribution >= 4 is 11.7 Å². The Hall–Kier alpha value is -3.22. The SMILES string of the molecule is Cc1nc(N2CCN(C(=O)c3ccccc3)CC2)cc(-n2ccnc2)n1. The zero-order valence-electron chi connectivity index (χ0n) is 14.6. The van der Waals surface area contributed by atoms with E-state index < -0.39 is 0 Å². The van der Waals surface area contributed by atoms with Crippen LogP contribution in [0.1, 0.15) is 16.2 Å². The van der Waals surface area contributed by atoms with Gasteiger partial charge in [0, 0.05) is 50.2 Å². The monoisotopic (exact) mass is 348 g/mol. The Morgan fingerprint density at radius 1 is 1.00 bits per heavy atom. The van der Waals surface area contributed by atoms with E-state index in [-0.39, 0.29) is 5.91 Å². The fourth-order valence-corrected chi connectivity index (χ4v) is 3.13. The third-order valence-electron chi connectivity index (χ3n) is 4.49. The molecule has 0 unspecified atom stereocenters. The number of anilines is 1. The van der Waals surface area contributed by atoms with Crippen molar-refractivity contribution in [2.75, 3.05) is 31.1 Å². The lowest BCUT2D eigenvalue weighted by molar-refractivity contribution is 0.0746. The van der Waals surface area contributed by atoms with Crippen LogP contribution in [-0.4, -0.2) is 56.5 Å². The van der Waals surface area contributed by atoms with E-state index in [1.807, 2.05) is 59.0 Å². The summed E-state index contributed by atoms with van der Waals surface area (Å²) in [6, 6.07) is 11.4.